The monoisotopic (exact) mass is 586 g/mol. The van der Waals surface area contributed by atoms with E-state index in [1.54, 1.807) is 0 Å². The van der Waals surface area contributed by atoms with Crippen molar-refractivity contribution in [1.29, 1.82) is 5.26 Å². The van der Waals surface area contributed by atoms with Crippen LogP contribution in [0.4, 0.5) is 39.8 Å². The van der Waals surface area contributed by atoms with Crippen LogP contribution < -0.4 is 9.80 Å². The van der Waals surface area contributed by atoms with E-state index in [0.29, 0.717) is 11.3 Å². The maximum atomic E-state index is 9.45. The number of nitriles is 1. The Morgan fingerprint density at radius 1 is 0.457 bits per heavy atom. The molecule has 0 aromatic heterocycles. The summed E-state index contributed by atoms with van der Waals surface area (Å²) in [7, 11) is 0. The molecule has 0 saturated heterocycles. The zero-order chi connectivity index (χ0) is 31.0. The molecule has 0 radical (unpaired) electrons. The van der Waals surface area contributed by atoms with Crippen molar-refractivity contribution in [2.45, 2.75) is 0 Å². The van der Waals surface area contributed by atoms with Gasteiger partial charge in [-0.2, -0.15) is 5.26 Å². The number of hydrogen-bond donors (Lipinski definition) is 0. The fraction of sp³-hybridized carbons (Fsp3) is 0. The van der Waals surface area contributed by atoms with Crippen molar-refractivity contribution in [3.63, 3.8) is 0 Å². The molecule has 0 spiro atoms. The van der Waals surface area contributed by atoms with Gasteiger partial charge in [0.05, 0.1) is 29.6 Å². The molecule has 8 rings (SSSR count). The second-order valence-corrected chi connectivity index (χ2v) is 11.2. The van der Waals surface area contributed by atoms with Gasteiger partial charge < -0.3 is 9.80 Å². The van der Waals surface area contributed by atoms with Crippen molar-refractivity contribution in [1.82, 2.24) is 0 Å². The normalized spacial score (nSPS) is 11.0. The Bertz CT molecular complexity index is 2240. The maximum absolute atomic E-state index is 9.45. The lowest BCUT2D eigenvalue weighted by Gasteiger charge is -2.29. The van der Waals surface area contributed by atoms with E-state index in [4.69, 9.17) is 6.57 Å². The fourth-order valence-electron chi connectivity index (χ4n) is 6.53. The molecular formula is C42H26N4. The molecule has 0 saturated carbocycles. The van der Waals surface area contributed by atoms with Crippen LogP contribution >= 0.6 is 0 Å². The van der Waals surface area contributed by atoms with Crippen LogP contribution in [0, 0.1) is 17.9 Å². The summed E-state index contributed by atoms with van der Waals surface area (Å²) >= 11 is 0. The molecule has 46 heavy (non-hydrogen) atoms. The molecule has 8 aromatic carbocycles. The van der Waals surface area contributed by atoms with E-state index in [2.05, 4.69) is 118 Å². The van der Waals surface area contributed by atoms with E-state index in [9.17, 15) is 5.26 Å². The van der Waals surface area contributed by atoms with E-state index >= 15 is 0 Å². The van der Waals surface area contributed by atoms with Crippen molar-refractivity contribution >= 4 is 72.1 Å². The first-order valence-corrected chi connectivity index (χ1v) is 15.1. The second kappa shape index (κ2) is 11.1. The molecule has 0 heterocycles. The number of nitrogens with zero attached hydrogens (tertiary/aromatic N) is 4. The summed E-state index contributed by atoms with van der Waals surface area (Å²) in [5, 5.41) is 16.5. The summed E-state index contributed by atoms with van der Waals surface area (Å²) in [5.74, 6) is 0. The molecular weight excluding hydrogens is 560 g/mol. The SMILES string of the molecule is [C-]#[N+]c1ccc(N(c2ccccc2)c2ccc3ccc4c(N(c5ccccc5)c5ccc(C#N)cc5)ccc5ccc2c3c54)cc1. The molecule has 0 aliphatic carbocycles. The number of benzene rings is 8. The molecule has 8 aromatic rings. The molecule has 4 nitrogen and oxygen atoms in total. The van der Waals surface area contributed by atoms with Crippen LogP contribution in [0.5, 0.6) is 0 Å². The van der Waals surface area contributed by atoms with E-state index in [1.165, 1.54) is 21.5 Å². The van der Waals surface area contributed by atoms with Gasteiger partial charge in [-0.1, -0.05) is 84.9 Å². The molecule has 214 valence electrons. The molecule has 0 bridgehead atoms. The summed E-state index contributed by atoms with van der Waals surface area (Å²) in [6.45, 7) is 7.45. The summed E-state index contributed by atoms with van der Waals surface area (Å²) in [4.78, 5) is 8.15. The predicted molar refractivity (Wildman–Crippen MR) is 190 cm³/mol. The lowest BCUT2D eigenvalue weighted by atomic mass is 9.91. The van der Waals surface area contributed by atoms with Crippen LogP contribution in [0.3, 0.4) is 0 Å². The second-order valence-electron chi connectivity index (χ2n) is 11.2. The van der Waals surface area contributed by atoms with Gasteiger partial charge in [-0.3, -0.25) is 0 Å². The Labute approximate surface area is 267 Å². The van der Waals surface area contributed by atoms with Gasteiger partial charge >= 0.3 is 0 Å². The largest absolute Gasteiger partial charge is 0.310 e. The highest BCUT2D eigenvalue weighted by molar-refractivity contribution is 6.28. The number of rotatable bonds is 6. The summed E-state index contributed by atoms with van der Waals surface area (Å²) in [5.41, 5.74) is 7.45. The molecule has 0 N–H and O–H groups in total. The molecule has 4 heteroatoms. The summed E-state index contributed by atoms with van der Waals surface area (Å²) in [6.07, 6.45) is 0. The van der Waals surface area contributed by atoms with Gasteiger partial charge in [0, 0.05) is 33.5 Å². The highest BCUT2D eigenvalue weighted by Gasteiger charge is 2.21. The minimum atomic E-state index is 0.616. The van der Waals surface area contributed by atoms with Crippen molar-refractivity contribution in [2.24, 2.45) is 0 Å². The predicted octanol–water partition coefficient (Wildman–Crippen LogP) is 11.9. The minimum absolute atomic E-state index is 0.616. The minimum Gasteiger partial charge on any atom is -0.310 e. The first-order valence-electron chi connectivity index (χ1n) is 15.1. The molecule has 0 unspecified atom stereocenters. The van der Waals surface area contributed by atoms with Gasteiger partial charge in [0.2, 0.25) is 0 Å². The highest BCUT2D eigenvalue weighted by atomic mass is 15.1. The maximum Gasteiger partial charge on any atom is 0.187 e. The number of hydrogen-bond acceptors (Lipinski definition) is 3. The quantitative estimate of drug-likeness (QED) is 0.144. The van der Waals surface area contributed by atoms with Gasteiger partial charge in [0.15, 0.2) is 5.69 Å². The molecule has 0 aliphatic rings. The Hall–Kier alpha value is -6.62. The first kappa shape index (κ1) is 27.0. The Morgan fingerprint density at radius 2 is 0.870 bits per heavy atom. The van der Waals surface area contributed by atoms with E-state index in [0.717, 1.165) is 44.9 Å². The molecule has 0 atom stereocenters. The smallest absolute Gasteiger partial charge is 0.187 e. The van der Waals surface area contributed by atoms with E-state index in [1.807, 2.05) is 60.7 Å². The molecule has 0 fully saturated rings. The van der Waals surface area contributed by atoms with Gasteiger partial charge in [-0.25, -0.2) is 4.85 Å². The average molecular weight is 587 g/mol. The van der Waals surface area contributed by atoms with Crippen LogP contribution in [-0.4, -0.2) is 0 Å². The Kier molecular flexibility index (Phi) is 6.53. The van der Waals surface area contributed by atoms with Crippen LogP contribution in [0.15, 0.2) is 158 Å². The standard InChI is InChI=1S/C42H26N4/c1-44-32-18-22-36(23-19-32)46(34-10-6-3-7-11-34)40-27-17-31-14-24-37-39(26-16-30-15-25-38(40)42(31)41(30)37)45(33-8-4-2-5-9-33)35-20-12-29(28-43)13-21-35/h2-27H. The lowest BCUT2D eigenvalue weighted by Crippen LogP contribution is -2.11. The Balaban J connectivity index is 1.39. The van der Waals surface area contributed by atoms with Crippen molar-refractivity contribution in [2.75, 3.05) is 9.80 Å². The van der Waals surface area contributed by atoms with E-state index < -0.39 is 0 Å². The molecule has 0 amide bonds. The summed E-state index contributed by atoms with van der Waals surface area (Å²) < 4.78 is 0. The third-order valence-corrected chi connectivity index (χ3v) is 8.62. The van der Waals surface area contributed by atoms with Crippen LogP contribution in [0.1, 0.15) is 5.56 Å². The van der Waals surface area contributed by atoms with Crippen molar-refractivity contribution in [3.05, 3.63) is 175 Å². The number of para-hydroxylation sites is 2. The highest BCUT2D eigenvalue weighted by Crippen LogP contribution is 2.47. The van der Waals surface area contributed by atoms with Gasteiger partial charge in [0.25, 0.3) is 0 Å². The van der Waals surface area contributed by atoms with Crippen LogP contribution in [0.2, 0.25) is 0 Å². The van der Waals surface area contributed by atoms with Gasteiger partial charge in [0.1, 0.15) is 0 Å². The molecule has 0 aliphatic heterocycles. The average Bonchev–Trinajstić information content (AvgIpc) is 3.13. The number of anilines is 6. The van der Waals surface area contributed by atoms with Crippen LogP contribution in [-0.2, 0) is 0 Å². The topological polar surface area (TPSA) is 34.6 Å². The third kappa shape index (κ3) is 4.46. The zero-order valence-corrected chi connectivity index (χ0v) is 24.8. The lowest BCUT2D eigenvalue weighted by molar-refractivity contribution is 1.29. The van der Waals surface area contributed by atoms with Gasteiger partial charge in [-0.05, 0) is 94.3 Å². The fourth-order valence-corrected chi connectivity index (χ4v) is 6.53. The van der Waals surface area contributed by atoms with Crippen LogP contribution in [0.25, 0.3) is 37.2 Å². The zero-order valence-electron chi connectivity index (χ0n) is 24.8. The summed E-state index contributed by atoms with van der Waals surface area (Å²) in [6, 6.07) is 56.3. The van der Waals surface area contributed by atoms with E-state index in [-0.39, 0.29) is 0 Å². The Morgan fingerprint density at radius 3 is 1.30 bits per heavy atom. The third-order valence-electron chi connectivity index (χ3n) is 8.62. The van der Waals surface area contributed by atoms with Crippen molar-refractivity contribution in [3.8, 4) is 6.07 Å². The first-order chi connectivity index (χ1) is 22.7. The van der Waals surface area contributed by atoms with Crippen molar-refractivity contribution < 1.29 is 0 Å². The van der Waals surface area contributed by atoms with Gasteiger partial charge in [-0.15, -0.1) is 0 Å².